The smallest absolute Gasteiger partial charge is 0.279 e. The molecule has 0 aromatic heterocycles. The van der Waals surface area contributed by atoms with E-state index in [0.717, 1.165) is 38.9 Å². The molecule has 0 aromatic carbocycles. The summed E-state index contributed by atoms with van der Waals surface area (Å²) in [7, 11) is -1.64. The molecule has 1 aliphatic rings. The lowest BCUT2D eigenvalue weighted by Crippen LogP contribution is -2.44. The van der Waals surface area contributed by atoms with Crippen molar-refractivity contribution in [2.24, 2.45) is 5.92 Å². The second kappa shape index (κ2) is 8.19. The lowest BCUT2D eigenvalue weighted by molar-refractivity contribution is 0.183. The van der Waals surface area contributed by atoms with Crippen LogP contribution in [0.5, 0.6) is 0 Å². The second-order valence-electron chi connectivity index (χ2n) is 5.43. The van der Waals surface area contributed by atoms with Crippen LogP contribution in [-0.2, 0) is 10.2 Å². The van der Waals surface area contributed by atoms with E-state index in [4.69, 9.17) is 0 Å². The summed E-state index contributed by atoms with van der Waals surface area (Å²) in [5.74, 6) is 0.447. The Kier molecular flexibility index (Phi) is 7.28. The van der Waals surface area contributed by atoms with Crippen LogP contribution in [0.3, 0.4) is 0 Å². The van der Waals surface area contributed by atoms with Crippen molar-refractivity contribution in [3.63, 3.8) is 0 Å². The Balaban J connectivity index is 2.37. The molecule has 0 aromatic rings. The minimum atomic E-state index is -3.29. The van der Waals surface area contributed by atoms with Gasteiger partial charge in [-0.2, -0.15) is 12.7 Å². The van der Waals surface area contributed by atoms with Crippen molar-refractivity contribution in [3.8, 4) is 0 Å². The molecule has 1 atom stereocenters. The lowest BCUT2D eigenvalue weighted by Gasteiger charge is -2.32. The van der Waals surface area contributed by atoms with Gasteiger partial charge in [0, 0.05) is 26.7 Å². The monoisotopic (exact) mass is 291 g/mol. The van der Waals surface area contributed by atoms with Gasteiger partial charge in [0.25, 0.3) is 10.2 Å². The first-order chi connectivity index (χ1) is 8.99. The fourth-order valence-electron chi connectivity index (χ4n) is 2.44. The van der Waals surface area contributed by atoms with Gasteiger partial charge in [-0.15, -0.1) is 0 Å². The Labute approximate surface area is 118 Å². The molecule has 5 nitrogen and oxygen atoms in total. The highest BCUT2D eigenvalue weighted by atomic mass is 32.2. The summed E-state index contributed by atoms with van der Waals surface area (Å²) < 4.78 is 28.2. The highest BCUT2D eigenvalue weighted by Crippen LogP contribution is 2.15. The number of hydrogen-bond donors (Lipinski definition) is 1. The van der Waals surface area contributed by atoms with E-state index in [1.54, 1.807) is 7.05 Å². The zero-order valence-corrected chi connectivity index (χ0v) is 13.4. The molecule has 1 unspecified atom stereocenters. The van der Waals surface area contributed by atoms with E-state index in [-0.39, 0.29) is 0 Å². The lowest BCUT2D eigenvalue weighted by atomic mass is 9.98. The molecule has 1 fully saturated rings. The topological polar surface area (TPSA) is 52.7 Å². The molecule has 6 heteroatoms. The molecule has 114 valence electrons. The first-order valence-electron chi connectivity index (χ1n) is 7.42. The SMILES string of the molecule is CCCCN(C)S(=O)(=O)NCC1CCCN(CC)C1. The van der Waals surface area contributed by atoms with E-state index in [1.165, 1.54) is 10.7 Å². The zero-order chi connectivity index (χ0) is 14.3. The number of nitrogens with zero attached hydrogens (tertiary/aromatic N) is 2. The summed E-state index contributed by atoms with van der Waals surface area (Å²) in [5, 5.41) is 0. The third kappa shape index (κ3) is 5.77. The van der Waals surface area contributed by atoms with Gasteiger partial charge in [-0.3, -0.25) is 0 Å². The van der Waals surface area contributed by atoms with Crippen LogP contribution in [0.4, 0.5) is 0 Å². The van der Waals surface area contributed by atoms with Crippen LogP contribution in [0.15, 0.2) is 0 Å². The summed E-state index contributed by atoms with van der Waals surface area (Å²) >= 11 is 0. The molecule has 1 N–H and O–H groups in total. The Morgan fingerprint density at radius 2 is 2.11 bits per heavy atom. The van der Waals surface area contributed by atoms with Crippen molar-refractivity contribution in [3.05, 3.63) is 0 Å². The minimum absolute atomic E-state index is 0.447. The van der Waals surface area contributed by atoms with Gasteiger partial charge in [-0.1, -0.05) is 20.3 Å². The molecular weight excluding hydrogens is 262 g/mol. The number of nitrogens with one attached hydrogen (secondary N) is 1. The van der Waals surface area contributed by atoms with E-state index in [2.05, 4.69) is 23.5 Å². The molecule has 1 saturated heterocycles. The standard InChI is InChI=1S/C13H29N3O2S/c1-4-6-9-15(3)19(17,18)14-11-13-8-7-10-16(5-2)12-13/h13-14H,4-12H2,1-3H3. The van der Waals surface area contributed by atoms with Crippen molar-refractivity contribution in [1.29, 1.82) is 0 Å². The van der Waals surface area contributed by atoms with Crippen LogP contribution in [0.25, 0.3) is 0 Å². The van der Waals surface area contributed by atoms with Crippen molar-refractivity contribution in [2.75, 3.05) is 39.8 Å². The predicted molar refractivity (Wildman–Crippen MR) is 79.3 cm³/mol. The summed E-state index contributed by atoms with van der Waals surface area (Å²) in [6.07, 6.45) is 4.21. The molecule has 0 amide bonds. The maximum Gasteiger partial charge on any atom is 0.279 e. The largest absolute Gasteiger partial charge is 0.303 e. The molecule has 0 saturated carbocycles. The number of rotatable bonds is 8. The predicted octanol–water partition coefficient (Wildman–Crippen LogP) is 1.28. The van der Waals surface area contributed by atoms with Gasteiger partial charge in [0.15, 0.2) is 0 Å². The number of unbranched alkanes of at least 4 members (excludes halogenated alkanes) is 1. The van der Waals surface area contributed by atoms with E-state index < -0.39 is 10.2 Å². The van der Waals surface area contributed by atoms with Gasteiger partial charge in [0.2, 0.25) is 0 Å². The van der Waals surface area contributed by atoms with Crippen molar-refractivity contribution in [2.45, 2.75) is 39.5 Å². The van der Waals surface area contributed by atoms with Gasteiger partial charge in [0.05, 0.1) is 0 Å². The molecule has 1 rings (SSSR count). The zero-order valence-electron chi connectivity index (χ0n) is 12.6. The van der Waals surface area contributed by atoms with E-state index >= 15 is 0 Å². The average molecular weight is 291 g/mol. The summed E-state index contributed by atoms with van der Waals surface area (Å²) in [4.78, 5) is 2.39. The highest BCUT2D eigenvalue weighted by Gasteiger charge is 2.22. The number of likely N-dealkylation sites (tertiary alicyclic amines) is 1. The Bertz CT molecular complexity index is 346. The number of piperidine rings is 1. The van der Waals surface area contributed by atoms with Crippen molar-refractivity contribution >= 4 is 10.2 Å². The maximum absolute atomic E-state index is 12.0. The van der Waals surface area contributed by atoms with Gasteiger partial charge < -0.3 is 4.90 Å². The van der Waals surface area contributed by atoms with Crippen molar-refractivity contribution < 1.29 is 8.42 Å². The van der Waals surface area contributed by atoms with E-state index in [9.17, 15) is 8.42 Å². The third-order valence-electron chi connectivity index (χ3n) is 3.84. The maximum atomic E-state index is 12.0. The highest BCUT2D eigenvalue weighted by molar-refractivity contribution is 7.87. The molecule has 0 bridgehead atoms. The van der Waals surface area contributed by atoms with Gasteiger partial charge in [-0.25, -0.2) is 4.72 Å². The van der Waals surface area contributed by atoms with Crippen molar-refractivity contribution in [1.82, 2.24) is 13.9 Å². The van der Waals surface area contributed by atoms with Gasteiger partial charge in [-0.05, 0) is 38.3 Å². The van der Waals surface area contributed by atoms with Crippen LogP contribution in [0.2, 0.25) is 0 Å². The summed E-state index contributed by atoms with van der Waals surface area (Å²) in [5.41, 5.74) is 0. The van der Waals surface area contributed by atoms with Crippen LogP contribution >= 0.6 is 0 Å². The first-order valence-corrected chi connectivity index (χ1v) is 8.86. The van der Waals surface area contributed by atoms with Gasteiger partial charge >= 0.3 is 0 Å². The minimum Gasteiger partial charge on any atom is -0.303 e. The molecule has 0 radical (unpaired) electrons. The molecule has 0 aliphatic carbocycles. The number of hydrogen-bond acceptors (Lipinski definition) is 3. The Hall–Kier alpha value is -0.170. The third-order valence-corrected chi connectivity index (χ3v) is 5.38. The molecule has 1 heterocycles. The molecule has 0 spiro atoms. The van der Waals surface area contributed by atoms with Crippen LogP contribution < -0.4 is 4.72 Å². The molecule has 19 heavy (non-hydrogen) atoms. The van der Waals surface area contributed by atoms with E-state index in [0.29, 0.717) is 19.0 Å². The fourth-order valence-corrected chi connectivity index (χ4v) is 3.48. The van der Waals surface area contributed by atoms with Crippen LogP contribution in [0.1, 0.15) is 39.5 Å². The van der Waals surface area contributed by atoms with Crippen LogP contribution in [-0.4, -0.2) is 57.4 Å². The quantitative estimate of drug-likeness (QED) is 0.733. The first kappa shape index (κ1) is 16.9. The Morgan fingerprint density at radius 3 is 2.74 bits per heavy atom. The van der Waals surface area contributed by atoms with E-state index in [1.807, 2.05) is 0 Å². The average Bonchev–Trinajstić information content (AvgIpc) is 2.42. The fraction of sp³-hybridized carbons (Fsp3) is 1.00. The molecular formula is C13H29N3O2S. The molecule has 1 aliphatic heterocycles. The van der Waals surface area contributed by atoms with Crippen LogP contribution in [0, 0.1) is 5.92 Å². The summed E-state index contributed by atoms with van der Waals surface area (Å²) in [6.45, 7) is 8.60. The summed E-state index contributed by atoms with van der Waals surface area (Å²) in [6, 6.07) is 0. The Morgan fingerprint density at radius 1 is 1.37 bits per heavy atom. The normalized spacial score (nSPS) is 22.0. The second-order valence-corrected chi connectivity index (χ2v) is 7.29. The van der Waals surface area contributed by atoms with Gasteiger partial charge in [0.1, 0.15) is 0 Å².